The molecule has 0 bridgehead atoms. The molecule has 172 valence electrons. The van der Waals surface area contributed by atoms with E-state index in [1.165, 1.54) is 0 Å². The van der Waals surface area contributed by atoms with Gasteiger partial charge in [-0.15, -0.1) is 0 Å². The van der Waals surface area contributed by atoms with Crippen molar-refractivity contribution in [3.05, 3.63) is 24.0 Å². The topological polar surface area (TPSA) is 106 Å². The minimum Gasteiger partial charge on any atom is -0.454 e. The van der Waals surface area contributed by atoms with Gasteiger partial charge in [0.1, 0.15) is 6.33 Å². The van der Waals surface area contributed by atoms with Crippen molar-refractivity contribution < 1.29 is 14.6 Å². The summed E-state index contributed by atoms with van der Waals surface area (Å²) in [5.74, 6) is 2.26. The van der Waals surface area contributed by atoms with Crippen LogP contribution >= 0.6 is 11.8 Å². The zero-order chi connectivity index (χ0) is 22.3. The molecule has 4 rings (SSSR count). The van der Waals surface area contributed by atoms with E-state index < -0.39 is 0 Å². The fraction of sp³-hybridized carbons (Fsp3) is 0.500. The number of nitrogens with one attached hydrogen (secondary N) is 2. The summed E-state index contributed by atoms with van der Waals surface area (Å²) in [5, 5.41) is 16.4. The molecule has 32 heavy (non-hydrogen) atoms. The van der Waals surface area contributed by atoms with Gasteiger partial charge in [-0.2, -0.15) is 0 Å². The highest BCUT2D eigenvalue weighted by Crippen LogP contribution is 2.40. The normalized spacial score (nSPS) is 12.6. The molecule has 3 N–H and O–H groups in total. The Morgan fingerprint density at radius 3 is 2.72 bits per heavy atom. The van der Waals surface area contributed by atoms with Crippen LogP contribution in [-0.4, -0.2) is 58.2 Å². The highest BCUT2D eigenvalue weighted by molar-refractivity contribution is 7.99. The maximum atomic E-state index is 8.88. The van der Waals surface area contributed by atoms with Crippen molar-refractivity contribution in [1.82, 2.24) is 24.8 Å². The molecule has 0 saturated carbocycles. The third-order valence-electron chi connectivity index (χ3n) is 5.38. The minimum atomic E-state index is 0.258. The van der Waals surface area contributed by atoms with Crippen molar-refractivity contribution in [2.24, 2.45) is 0 Å². The summed E-state index contributed by atoms with van der Waals surface area (Å²) in [6, 6.07) is 4.02. The van der Waals surface area contributed by atoms with E-state index in [4.69, 9.17) is 19.6 Å². The van der Waals surface area contributed by atoms with Gasteiger partial charge >= 0.3 is 0 Å². The van der Waals surface area contributed by atoms with Gasteiger partial charge in [0.2, 0.25) is 6.79 Å². The van der Waals surface area contributed by atoms with Crippen molar-refractivity contribution in [2.75, 3.05) is 38.9 Å². The SMILES string of the molecule is CNc1ncnc2c1nc(Sc1cc3c(cc1C)OCO3)n2CCNCCCCCCO. The summed E-state index contributed by atoms with van der Waals surface area (Å²) >= 11 is 1.60. The summed E-state index contributed by atoms with van der Waals surface area (Å²) < 4.78 is 13.2. The van der Waals surface area contributed by atoms with E-state index >= 15 is 0 Å². The third kappa shape index (κ3) is 5.08. The van der Waals surface area contributed by atoms with Crippen LogP contribution in [0.15, 0.2) is 28.5 Å². The Kier molecular flexibility index (Phi) is 7.67. The van der Waals surface area contributed by atoms with Crippen molar-refractivity contribution >= 4 is 28.7 Å². The summed E-state index contributed by atoms with van der Waals surface area (Å²) in [7, 11) is 1.84. The minimum absolute atomic E-state index is 0.258. The molecule has 0 saturated heterocycles. The molecular weight excluding hydrogens is 428 g/mol. The zero-order valence-electron chi connectivity index (χ0n) is 18.6. The monoisotopic (exact) mass is 458 g/mol. The second-order valence-corrected chi connectivity index (χ2v) is 8.66. The van der Waals surface area contributed by atoms with Crippen LogP contribution in [0.5, 0.6) is 11.5 Å². The number of nitrogens with zero attached hydrogens (tertiary/aromatic N) is 4. The van der Waals surface area contributed by atoms with Crippen molar-refractivity contribution in [2.45, 2.75) is 49.2 Å². The lowest BCUT2D eigenvalue weighted by Crippen LogP contribution is -2.21. The van der Waals surface area contributed by atoms with Crippen molar-refractivity contribution in [1.29, 1.82) is 0 Å². The highest BCUT2D eigenvalue weighted by Gasteiger charge is 2.20. The van der Waals surface area contributed by atoms with Gasteiger partial charge in [0.05, 0.1) is 0 Å². The Hall–Kier alpha value is -2.56. The van der Waals surface area contributed by atoms with Gasteiger partial charge in [-0.3, -0.25) is 0 Å². The summed E-state index contributed by atoms with van der Waals surface area (Å²) in [6.45, 7) is 5.12. The van der Waals surface area contributed by atoms with Crippen LogP contribution < -0.4 is 20.1 Å². The van der Waals surface area contributed by atoms with Gasteiger partial charge in [-0.1, -0.05) is 24.6 Å². The van der Waals surface area contributed by atoms with Gasteiger partial charge in [0.25, 0.3) is 0 Å². The van der Waals surface area contributed by atoms with Gasteiger partial charge in [-0.25, -0.2) is 15.0 Å². The first-order valence-corrected chi connectivity index (χ1v) is 11.8. The number of aryl methyl sites for hydroxylation is 1. The molecule has 3 aromatic rings. The van der Waals surface area contributed by atoms with Crippen LogP contribution in [0, 0.1) is 6.92 Å². The standard InChI is InChI=1S/C22H30N6O3S/c1-15-11-16-17(31-14-30-16)12-18(15)32-22-27-19-20(23-2)25-13-26-21(19)28(22)9-8-24-7-5-3-4-6-10-29/h11-13,24,29H,3-10,14H2,1-2H3,(H,23,25,26). The molecular formula is C22H30N6O3S. The van der Waals surface area contributed by atoms with E-state index in [1.807, 2.05) is 19.2 Å². The summed E-state index contributed by atoms with van der Waals surface area (Å²) in [4.78, 5) is 14.8. The Balaban J connectivity index is 1.51. The molecule has 1 aliphatic rings. The fourth-order valence-corrected chi connectivity index (χ4v) is 4.65. The fourth-order valence-electron chi connectivity index (χ4n) is 3.64. The van der Waals surface area contributed by atoms with E-state index in [2.05, 4.69) is 32.1 Å². The number of imidazole rings is 1. The van der Waals surface area contributed by atoms with Crippen LogP contribution in [0.3, 0.4) is 0 Å². The van der Waals surface area contributed by atoms with E-state index in [1.54, 1.807) is 18.1 Å². The van der Waals surface area contributed by atoms with Gasteiger partial charge in [-0.05, 0) is 44.0 Å². The smallest absolute Gasteiger partial charge is 0.231 e. The number of benzene rings is 1. The van der Waals surface area contributed by atoms with E-state index in [0.29, 0.717) is 0 Å². The van der Waals surface area contributed by atoms with Crippen LogP contribution in [0.1, 0.15) is 31.2 Å². The van der Waals surface area contributed by atoms with Gasteiger partial charge in [0, 0.05) is 31.6 Å². The van der Waals surface area contributed by atoms with E-state index in [-0.39, 0.29) is 13.4 Å². The molecule has 1 aliphatic heterocycles. The van der Waals surface area contributed by atoms with Crippen molar-refractivity contribution in [3.8, 4) is 11.5 Å². The van der Waals surface area contributed by atoms with Gasteiger partial charge in [0.15, 0.2) is 33.6 Å². The predicted octanol–water partition coefficient (Wildman–Crippen LogP) is 3.20. The quantitative estimate of drug-likeness (QED) is 0.353. The number of hydrogen-bond donors (Lipinski definition) is 3. The summed E-state index contributed by atoms with van der Waals surface area (Å²) in [6.07, 6.45) is 5.76. The molecule has 0 fully saturated rings. The number of aliphatic hydroxyl groups excluding tert-OH is 1. The number of unbranched alkanes of at least 4 members (excludes halogenated alkanes) is 3. The number of aromatic nitrogens is 4. The lowest BCUT2D eigenvalue weighted by atomic mass is 10.2. The molecule has 0 aliphatic carbocycles. The highest BCUT2D eigenvalue weighted by atomic mass is 32.2. The number of fused-ring (bicyclic) bond motifs is 2. The third-order valence-corrected chi connectivity index (χ3v) is 6.53. The lowest BCUT2D eigenvalue weighted by molar-refractivity contribution is 0.174. The maximum Gasteiger partial charge on any atom is 0.231 e. The first-order valence-electron chi connectivity index (χ1n) is 11.0. The first kappa shape index (κ1) is 22.6. The van der Waals surface area contributed by atoms with E-state index in [9.17, 15) is 0 Å². The molecule has 9 nitrogen and oxygen atoms in total. The van der Waals surface area contributed by atoms with E-state index in [0.717, 1.165) is 89.4 Å². The van der Waals surface area contributed by atoms with Gasteiger partial charge < -0.3 is 29.8 Å². The molecule has 0 spiro atoms. The second kappa shape index (κ2) is 10.8. The first-order chi connectivity index (χ1) is 15.7. The number of hydrogen-bond acceptors (Lipinski definition) is 9. The molecule has 10 heteroatoms. The van der Waals surface area contributed by atoms with Crippen LogP contribution in [0.25, 0.3) is 11.2 Å². The molecule has 0 radical (unpaired) electrons. The summed E-state index contributed by atoms with van der Waals surface area (Å²) in [5.41, 5.74) is 2.69. The van der Waals surface area contributed by atoms with Crippen LogP contribution in [0.2, 0.25) is 0 Å². The number of aliphatic hydroxyl groups is 1. The molecule has 0 atom stereocenters. The average Bonchev–Trinajstić information content (AvgIpc) is 3.39. The molecule has 1 aromatic carbocycles. The number of rotatable bonds is 12. The lowest BCUT2D eigenvalue weighted by Gasteiger charge is -2.11. The molecule has 0 amide bonds. The number of anilines is 1. The number of ether oxygens (including phenoxy) is 2. The zero-order valence-corrected chi connectivity index (χ0v) is 19.4. The Bertz CT molecular complexity index is 1060. The molecule has 0 unspecified atom stereocenters. The van der Waals surface area contributed by atoms with Crippen molar-refractivity contribution in [3.63, 3.8) is 0 Å². The average molecular weight is 459 g/mol. The largest absolute Gasteiger partial charge is 0.454 e. The Labute approximate surface area is 192 Å². The Morgan fingerprint density at radius 2 is 1.91 bits per heavy atom. The molecule has 3 heterocycles. The Morgan fingerprint density at radius 1 is 1.09 bits per heavy atom. The maximum absolute atomic E-state index is 8.88. The van der Waals surface area contributed by atoms with Crippen LogP contribution in [0.4, 0.5) is 5.82 Å². The predicted molar refractivity (Wildman–Crippen MR) is 125 cm³/mol. The van der Waals surface area contributed by atoms with Crippen LogP contribution in [-0.2, 0) is 6.54 Å². The molecule has 2 aromatic heterocycles. The second-order valence-electron chi connectivity index (χ2n) is 7.65.